The van der Waals surface area contributed by atoms with Gasteiger partial charge in [0, 0.05) is 5.69 Å². The first-order valence-electron chi connectivity index (χ1n) is 10.8. The number of amides is 1. The summed E-state index contributed by atoms with van der Waals surface area (Å²) in [5.41, 5.74) is 4.25. The molecule has 1 amide bonds. The van der Waals surface area contributed by atoms with E-state index in [4.69, 9.17) is 0 Å². The highest BCUT2D eigenvalue weighted by Gasteiger charge is 2.27. The van der Waals surface area contributed by atoms with Gasteiger partial charge in [-0.25, -0.2) is 8.42 Å². The molecule has 0 fully saturated rings. The van der Waals surface area contributed by atoms with Gasteiger partial charge >= 0.3 is 0 Å². The van der Waals surface area contributed by atoms with E-state index in [9.17, 15) is 13.2 Å². The second-order valence-corrected chi connectivity index (χ2v) is 9.94. The Morgan fingerprint density at radius 3 is 2.19 bits per heavy atom. The molecule has 0 aliphatic carbocycles. The topological polar surface area (TPSA) is 66.5 Å². The van der Waals surface area contributed by atoms with Gasteiger partial charge in [-0.15, -0.1) is 0 Å². The first-order chi connectivity index (χ1) is 15.2. The molecule has 0 saturated carbocycles. The number of hydrogen-bond acceptors (Lipinski definition) is 3. The Hall–Kier alpha value is -3.12. The number of rotatable bonds is 8. The van der Waals surface area contributed by atoms with Crippen molar-refractivity contribution in [1.29, 1.82) is 0 Å². The van der Waals surface area contributed by atoms with Crippen molar-refractivity contribution in [3.63, 3.8) is 0 Å². The maximum Gasteiger partial charge on any atom is 0.264 e. The van der Waals surface area contributed by atoms with Gasteiger partial charge in [-0.3, -0.25) is 9.10 Å². The molecule has 168 valence electrons. The Balaban J connectivity index is 1.97. The zero-order valence-corrected chi connectivity index (χ0v) is 19.8. The van der Waals surface area contributed by atoms with Gasteiger partial charge in [-0.2, -0.15) is 0 Å². The molecule has 3 aromatic carbocycles. The fourth-order valence-electron chi connectivity index (χ4n) is 3.57. The predicted octanol–water partition coefficient (Wildman–Crippen LogP) is 5.51. The van der Waals surface area contributed by atoms with E-state index in [0.29, 0.717) is 11.6 Å². The van der Waals surface area contributed by atoms with Crippen molar-refractivity contribution < 1.29 is 13.2 Å². The number of para-hydroxylation sites is 1. The summed E-state index contributed by atoms with van der Waals surface area (Å²) in [4.78, 5) is 13.2. The van der Waals surface area contributed by atoms with Gasteiger partial charge in [0.25, 0.3) is 10.0 Å². The Bertz CT molecular complexity index is 1170. The minimum Gasteiger partial charge on any atom is -0.324 e. The van der Waals surface area contributed by atoms with Crippen molar-refractivity contribution in [3.05, 3.63) is 89.5 Å². The smallest absolute Gasteiger partial charge is 0.264 e. The number of aryl methyl sites for hydroxylation is 2. The molecule has 1 N–H and O–H groups in total. The minimum atomic E-state index is -3.93. The fraction of sp³-hybridized carbons (Fsp3) is 0.269. The van der Waals surface area contributed by atoms with E-state index in [1.807, 2.05) is 44.2 Å². The Kier molecular flexibility index (Phi) is 7.36. The lowest BCUT2D eigenvalue weighted by atomic mass is 10.0. The molecular formula is C26H30N2O3S. The van der Waals surface area contributed by atoms with Crippen LogP contribution in [0.15, 0.2) is 77.7 Å². The zero-order valence-electron chi connectivity index (χ0n) is 19.0. The summed E-state index contributed by atoms with van der Waals surface area (Å²) < 4.78 is 28.1. The predicted molar refractivity (Wildman–Crippen MR) is 131 cm³/mol. The van der Waals surface area contributed by atoms with Crippen LogP contribution in [-0.2, 0) is 21.2 Å². The minimum absolute atomic E-state index is 0.144. The SMILES string of the molecule is CCc1cccc(C)c1NC(=O)CN(c1ccc(C(C)C)cc1)S(=O)(=O)c1ccccc1. The molecule has 0 radical (unpaired) electrons. The largest absolute Gasteiger partial charge is 0.324 e. The highest BCUT2D eigenvalue weighted by Crippen LogP contribution is 2.27. The van der Waals surface area contributed by atoms with Crippen LogP contribution in [0.4, 0.5) is 11.4 Å². The first-order valence-corrected chi connectivity index (χ1v) is 12.2. The van der Waals surface area contributed by atoms with E-state index in [1.54, 1.807) is 42.5 Å². The molecule has 3 aromatic rings. The van der Waals surface area contributed by atoms with Crippen LogP contribution in [0.1, 0.15) is 43.4 Å². The van der Waals surface area contributed by atoms with Gasteiger partial charge in [0.1, 0.15) is 6.54 Å². The summed E-state index contributed by atoms with van der Waals surface area (Å²) >= 11 is 0. The van der Waals surface area contributed by atoms with E-state index in [1.165, 1.54) is 4.31 Å². The number of carbonyl (C=O) groups excluding carboxylic acids is 1. The van der Waals surface area contributed by atoms with Crippen LogP contribution in [0.5, 0.6) is 0 Å². The normalized spacial score (nSPS) is 11.4. The van der Waals surface area contributed by atoms with Crippen molar-refractivity contribution in [2.75, 3.05) is 16.2 Å². The van der Waals surface area contributed by atoms with E-state index in [-0.39, 0.29) is 17.3 Å². The number of anilines is 2. The van der Waals surface area contributed by atoms with Crippen molar-refractivity contribution in [2.24, 2.45) is 0 Å². The lowest BCUT2D eigenvalue weighted by molar-refractivity contribution is -0.114. The summed E-state index contributed by atoms with van der Waals surface area (Å²) in [5.74, 6) is -0.0681. The van der Waals surface area contributed by atoms with Crippen LogP contribution >= 0.6 is 0 Å². The molecule has 0 aliphatic heterocycles. The van der Waals surface area contributed by atoms with Crippen molar-refractivity contribution >= 4 is 27.3 Å². The van der Waals surface area contributed by atoms with Gasteiger partial charge in [0.05, 0.1) is 10.6 Å². The number of nitrogens with one attached hydrogen (secondary N) is 1. The quantitative estimate of drug-likeness (QED) is 0.492. The van der Waals surface area contributed by atoms with E-state index in [0.717, 1.165) is 28.8 Å². The number of sulfonamides is 1. The van der Waals surface area contributed by atoms with Gasteiger partial charge < -0.3 is 5.32 Å². The third-order valence-corrected chi connectivity index (χ3v) is 7.26. The molecule has 0 saturated heterocycles. The third-order valence-electron chi connectivity index (χ3n) is 5.47. The molecule has 0 aliphatic rings. The highest BCUT2D eigenvalue weighted by atomic mass is 32.2. The molecule has 0 aromatic heterocycles. The molecule has 3 rings (SSSR count). The van der Waals surface area contributed by atoms with Crippen LogP contribution in [-0.4, -0.2) is 20.9 Å². The van der Waals surface area contributed by atoms with Gasteiger partial charge in [-0.1, -0.05) is 69.3 Å². The molecule has 0 bridgehead atoms. The highest BCUT2D eigenvalue weighted by molar-refractivity contribution is 7.92. The molecule has 32 heavy (non-hydrogen) atoms. The molecular weight excluding hydrogens is 420 g/mol. The van der Waals surface area contributed by atoms with Crippen LogP contribution < -0.4 is 9.62 Å². The van der Waals surface area contributed by atoms with Gasteiger partial charge in [-0.05, 0) is 60.2 Å². The summed E-state index contributed by atoms with van der Waals surface area (Å²) in [7, 11) is -3.93. The van der Waals surface area contributed by atoms with Crippen molar-refractivity contribution in [1.82, 2.24) is 0 Å². The van der Waals surface area contributed by atoms with Crippen LogP contribution in [0, 0.1) is 6.92 Å². The van der Waals surface area contributed by atoms with Crippen LogP contribution in [0.3, 0.4) is 0 Å². The lowest BCUT2D eigenvalue weighted by Crippen LogP contribution is -2.38. The van der Waals surface area contributed by atoms with E-state index >= 15 is 0 Å². The molecule has 0 spiro atoms. The molecule has 0 heterocycles. The molecule has 6 heteroatoms. The average molecular weight is 451 g/mol. The summed E-state index contributed by atoms with van der Waals surface area (Å²) in [6, 6.07) is 21.4. The number of carbonyl (C=O) groups is 1. The second-order valence-electron chi connectivity index (χ2n) is 8.08. The van der Waals surface area contributed by atoms with Crippen molar-refractivity contribution in [3.8, 4) is 0 Å². The summed E-state index contributed by atoms with van der Waals surface area (Å²) in [5, 5.41) is 2.94. The molecule has 0 atom stereocenters. The number of nitrogens with zero attached hydrogens (tertiary/aromatic N) is 1. The maximum absolute atomic E-state index is 13.5. The second kappa shape index (κ2) is 10.0. The van der Waals surface area contributed by atoms with Gasteiger partial charge in [0.15, 0.2) is 0 Å². The maximum atomic E-state index is 13.5. The molecule has 0 unspecified atom stereocenters. The standard InChI is InChI=1S/C26H30N2O3S/c1-5-21-11-9-10-20(4)26(21)27-25(29)18-28(23-16-14-22(15-17-23)19(2)3)32(30,31)24-12-7-6-8-13-24/h6-17,19H,5,18H2,1-4H3,(H,27,29). The van der Waals surface area contributed by atoms with E-state index < -0.39 is 10.0 Å². The number of hydrogen-bond donors (Lipinski definition) is 1. The first kappa shape index (κ1) is 23.5. The lowest BCUT2D eigenvalue weighted by Gasteiger charge is -2.25. The van der Waals surface area contributed by atoms with Crippen LogP contribution in [0.25, 0.3) is 0 Å². The zero-order chi connectivity index (χ0) is 23.3. The van der Waals surface area contributed by atoms with Gasteiger partial charge in [0.2, 0.25) is 5.91 Å². The Morgan fingerprint density at radius 2 is 1.59 bits per heavy atom. The molecule has 5 nitrogen and oxygen atoms in total. The monoisotopic (exact) mass is 450 g/mol. The third kappa shape index (κ3) is 5.19. The average Bonchev–Trinajstić information content (AvgIpc) is 2.79. The fourth-order valence-corrected chi connectivity index (χ4v) is 5.01. The Labute approximate surface area is 191 Å². The van der Waals surface area contributed by atoms with Crippen LogP contribution in [0.2, 0.25) is 0 Å². The summed E-state index contributed by atoms with van der Waals surface area (Å²) in [6.07, 6.45) is 0.764. The Morgan fingerprint density at radius 1 is 0.938 bits per heavy atom. The number of benzene rings is 3. The van der Waals surface area contributed by atoms with Crippen molar-refractivity contribution in [2.45, 2.75) is 44.9 Å². The summed E-state index contributed by atoms with van der Waals surface area (Å²) in [6.45, 7) is 7.78. The van der Waals surface area contributed by atoms with E-state index in [2.05, 4.69) is 19.2 Å².